The predicted octanol–water partition coefficient (Wildman–Crippen LogP) is 3.88. The number of aromatic hydroxyl groups is 1. The van der Waals surface area contributed by atoms with Gasteiger partial charge in [0.05, 0.1) is 4.47 Å². The lowest BCUT2D eigenvalue weighted by molar-refractivity contribution is 0.205. The first-order valence-electron chi connectivity index (χ1n) is 7.81. The minimum Gasteiger partial charge on any atom is -0.507 e. The Morgan fingerprint density at radius 1 is 1.35 bits per heavy atom. The van der Waals surface area contributed by atoms with Crippen molar-refractivity contribution in [3.8, 4) is 5.75 Å². The molecule has 0 heterocycles. The topological polar surface area (TPSA) is 46.2 Å². The van der Waals surface area contributed by atoms with E-state index in [1.165, 1.54) is 49.7 Å². The van der Waals surface area contributed by atoms with Crippen molar-refractivity contribution in [2.75, 3.05) is 6.54 Å². The summed E-state index contributed by atoms with van der Waals surface area (Å²) < 4.78 is 0.953. The van der Waals surface area contributed by atoms with Crippen molar-refractivity contribution in [3.63, 3.8) is 0 Å². The maximum atomic E-state index is 10.1. The first-order valence-corrected chi connectivity index (χ1v) is 8.60. The van der Waals surface area contributed by atoms with Crippen LogP contribution in [0, 0.1) is 11.3 Å². The molecule has 3 aliphatic carbocycles. The number of phenolic OH excluding ortho intramolecular Hbond substituents is 1. The summed E-state index contributed by atoms with van der Waals surface area (Å²) in [7, 11) is 0. The van der Waals surface area contributed by atoms with Crippen LogP contribution in [0.5, 0.6) is 5.75 Å². The number of rotatable bonds is 1. The number of hydrogen-bond acceptors (Lipinski definition) is 2. The molecule has 2 bridgehead atoms. The van der Waals surface area contributed by atoms with Gasteiger partial charge < -0.3 is 10.8 Å². The van der Waals surface area contributed by atoms with Gasteiger partial charge in [-0.05, 0) is 83.1 Å². The summed E-state index contributed by atoms with van der Waals surface area (Å²) in [5.74, 6) is 1.16. The molecule has 0 saturated heterocycles. The molecule has 3 heteroatoms. The van der Waals surface area contributed by atoms with Crippen molar-refractivity contribution in [2.45, 2.75) is 50.4 Å². The van der Waals surface area contributed by atoms with Gasteiger partial charge in [0.2, 0.25) is 0 Å². The number of halogens is 1. The quantitative estimate of drug-likeness (QED) is 0.818. The molecule has 108 valence electrons. The van der Waals surface area contributed by atoms with Gasteiger partial charge in [0, 0.05) is 5.41 Å². The third-order valence-corrected chi connectivity index (χ3v) is 7.08. The molecule has 3 atom stereocenters. The van der Waals surface area contributed by atoms with E-state index in [4.69, 9.17) is 5.73 Å². The molecule has 1 unspecified atom stereocenters. The molecular weight excluding hydrogens is 314 g/mol. The van der Waals surface area contributed by atoms with Gasteiger partial charge in [-0.3, -0.25) is 0 Å². The van der Waals surface area contributed by atoms with Crippen LogP contribution in [-0.2, 0) is 11.8 Å². The van der Waals surface area contributed by atoms with Crippen LogP contribution >= 0.6 is 15.9 Å². The Bertz CT molecular complexity index is 572. The number of fused-ring (bicyclic) bond motifs is 2. The minimum absolute atomic E-state index is 0.281. The second-order valence-corrected chi connectivity index (χ2v) is 8.09. The van der Waals surface area contributed by atoms with Crippen LogP contribution in [-0.4, -0.2) is 11.7 Å². The number of hydrogen-bond donors (Lipinski definition) is 2. The van der Waals surface area contributed by atoms with Crippen LogP contribution in [0.2, 0.25) is 0 Å². The molecule has 20 heavy (non-hydrogen) atoms. The molecule has 2 nitrogen and oxygen atoms in total. The summed E-state index contributed by atoms with van der Waals surface area (Å²) in [6, 6.07) is 3.98. The summed E-state index contributed by atoms with van der Waals surface area (Å²) in [5, 5.41) is 10.1. The van der Waals surface area contributed by atoms with Crippen LogP contribution in [0.25, 0.3) is 0 Å². The first-order chi connectivity index (χ1) is 9.60. The highest BCUT2D eigenvalue weighted by atomic mass is 79.9. The lowest BCUT2D eigenvalue weighted by atomic mass is 9.60. The van der Waals surface area contributed by atoms with E-state index in [0.717, 1.165) is 23.4 Å². The van der Waals surface area contributed by atoms with Gasteiger partial charge in [0.25, 0.3) is 0 Å². The molecule has 1 aromatic rings. The van der Waals surface area contributed by atoms with E-state index in [1.807, 2.05) is 6.07 Å². The Balaban J connectivity index is 1.96. The van der Waals surface area contributed by atoms with E-state index in [-0.39, 0.29) is 5.41 Å². The van der Waals surface area contributed by atoms with Gasteiger partial charge in [-0.15, -0.1) is 0 Å². The second kappa shape index (κ2) is 4.23. The lowest BCUT2D eigenvalue weighted by Gasteiger charge is -2.45. The van der Waals surface area contributed by atoms with Crippen molar-refractivity contribution >= 4 is 15.9 Å². The molecule has 3 N–H and O–H groups in total. The van der Waals surface area contributed by atoms with E-state index < -0.39 is 0 Å². The van der Waals surface area contributed by atoms with Crippen molar-refractivity contribution in [2.24, 2.45) is 17.1 Å². The summed E-state index contributed by atoms with van der Waals surface area (Å²) in [6.45, 7) is 0.809. The van der Waals surface area contributed by atoms with Gasteiger partial charge in [-0.25, -0.2) is 0 Å². The van der Waals surface area contributed by atoms with Gasteiger partial charge in [-0.1, -0.05) is 18.9 Å². The highest BCUT2D eigenvalue weighted by molar-refractivity contribution is 9.10. The van der Waals surface area contributed by atoms with Gasteiger partial charge in [0.15, 0.2) is 0 Å². The maximum absolute atomic E-state index is 10.1. The Morgan fingerprint density at radius 3 is 3.00 bits per heavy atom. The molecule has 2 fully saturated rings. The highest BCUT2D eigenvalue weighted by Crippen LogP contribution is 2.66. The Kier molecular flexibility index (Phi) is 2.78. The molecule has 0 aliphatic heterocycles. The third kappa shape index (κ3) is 1.54. The van der Waals surface area contributed by atoms with Gasteiger partial charge in [-0.2, -0.15) is 0 Å². The average molecular weight is 336 g/mol. The van der Waals surface area contributed by atoms with E-state index in [9.17, 15) is 5.11 Å². The lowest BCUT2D eigenvalue weighted by Crippen LogP contribution is -2.40. The fraction of sp³-hybridized carbons (Fsp3) is 0.647. The van der Waals surface area contributed by atoms with E-state index in [2.05, 4.69) is 22.0 Å². The molecule has 4 rings (SSSR count). The van der Waals surface area contributed by atoms with Crippen LogP contribution in [0.4, 0.5) is 0 Å². The summed E-state index contributed by atoms with van der Waals surface area (Å²) in [6.07, 6.45) is 8.90. The number of nitrogens with two attached hydrogens (primary N) is 1. The fourth-order valence-corrected chi connectivity index (χ4v) is 6.36. The molecular formula is C17H22BrNO. The van der Waals surface area contributed by atoms with E-state index in [0.29, 0.717) is 11.2 Å². The monoisotopic (exact) mass is 335 g/mol. The van der Waals surface area contributed by atoms with Crippen molar-refractivity contribution < 1.29 is 5.11 Å². The standard InChI is InChI=1S/C17H22BrNO/c18-15-13(20)5-4-11-7-16(10-19)8-12-3-1-2-6-17(12,9-16)14(11)15/h4-5,12,20H,1-3,6-10,19H2/t12-,16?,17+/m1/s1. The van der Waals surface area contributed by atoms with Gasteiger partial charge >= 0.3 is 0 Å². The summed E-state index contributed by atoms with van der Waals surface area (Å²) in [5.41, 5.74) is 9.64. The fourth-order valence-electron chi connectivity index (χ4n) is 5.58. The minimum atomic E-state index is 0.281. The first kappa shape index (κ1) is 13.1. The zero-order chi connectivity index (χ0) is 14.0. The van der Waals surface area contributed by atoms with Crippen LogP contribution in [0.15, 0.2) is 16.6 Å². The predicted molar refractivity (Wildman–Crippen MR) is 83.9 cm³/mol. The maximum Gasteiger partial charge on any atom is 0.130 e. The van der Waals surface area contributed by atoms with E-state index in [1.54, 1.807) is 0 Å². The average Bonchev–Trinajstić information content (AvgIpc) is 2.72. The molecule has 3 aliphatic rings. The molecule has 2 saturated carbocycles. The zero-order valence-electron chi connectivity index (χ0n) is 11.8. The highest BCUT2D eigenvalue weighted by Gasteiger charge is 2.59. The van der Waals surface area contributed by atoms with Crippen LogP contribution < -0.4 is 5.73 Å². The molecule has 0 amide bonds. The van der Waals surface area contributed by atoms with Gasteiger partial charge in [0.1, 0.15) is 5.75 Å². The van der Waals surface area contributed by atoms with Crippen LogP contribution in [0.3, 0.4) is 0 Å². The summed E-state index contributed by atoms with van der Waals surface area (Å²) in [4.78, 5) is 0. The smallest absolute Gasteiger partial charge is 0.130 e. The molecule has 1 spiro atoms. The third-order valence-electron chi connectivity index (χ3n) is 6.28. The Labute approximate surface area is 128 Å². The normalized spacial score (nSPS) is 38.4. The summed E-state index contributed by atoms with van der Waals surface area (Å²) >= 11 is 3.68. The SMILES string of the molecule is NCC12Cc3ccc(O)c(Br)c3[C@@]3(CCCC[C@@H]3C1)C2. The number of phenols is 1. The van der Waals surface area contributed by atoms with Crippen molar-refractivity contribution in [3.05, 3.63) is 27.7 Å². The Morgan fingerprint density at radius 2 is 2.20 bits per heavy atom. The van der Waals surface area contributed by atoms with Crippen molar-refractivity contribution in [1.29, 1.82) is 0 Å². The van der Waals surface area contributed by atoms with Crippen molar-refractivity contribution in [1.82, 2.24) is 0 Å². The number of benzene rings is 1. The molecule has 0 aromatic heterocycles. The van der Waals surface area contributed by atoms with E-state index >= 15 is 0 Å². The second-order valence-electron chi connectivity index (χ2n) is 7.29. The largest absolute Gasteiger partial charge is 0.507 e. The Hall–Kier alpha value is -0.540. The molecule has 1 aromatic carbocycles. The molecule has 0 radical (unpaired) electrons. The van der Waals surface area contributed by atoms with Crippen LogP contribution in [0.1, 0.15) is 49.7 Å². The zero-order valence-corrected chi connectivity index (χ0v) is 13.4.